The van der Waals surface area contributed by atoms with Crippen LogP contribution in [0.15, 0.2) is 224 Å². The molecule has 0 aliphatic heterocycles. The monoisotopic (exact) mass is 767 g/mol. The Balaban J connectivity index is 1.27. The van der Waals surface area contributed by atoms with Gasteiger partial charge in [-0.2, -0.15) is 0 Å². The Morgan fingerprint density at radius 3 is 1.58 bits per heavy atom. The van der Waals surface area contributed by atoms with E-state index >= 15 is 0 Å². The summed E-state index contributed by atoms with van der Waals surface area (Å²) in [7, 11) is 0. The number of aryl methyl sites for hydroxylation is 1. The Morgan fingerprint density at radius 1 is 0.333 bits per heavy atom. The molecule has 0 fully saturated rings. The molecule has 9 aromatic rings. The van der Waals surface area contributed by atoms with Crippen molar-refractivity contribution >= 4 is 17.1 Å². The molecule has 0 amide bonds. The second-order valence-electron chi connectivity index (χ2n) is 16.2. The molecule has 0 atom stereocenters. The first kappa shape index (κ1) is 35.9. The molecule has 0 spiro atoms. The molecule has 9 aromatic carbocycles. The fourth-order valence-electron chi connectivity index (χ4n) is 10.3. The summed E-state index contributed by atoms with van der Waals surface area (Å²) in [4.78, 5) is 2.55. The van der Waals surface area contributed by atoms with Crippen LogP contribution in [0.5, 0.6) is 0 Å². The first-order valence-corrected chi connectivity index (χ1v) is 21.4. The van der Waals surface area contributed by atoms with Gasteiger partial charge in [-0.05, 0) is 123 Å². The molecule has 0 bridgehead atoms. The minimum Gasteiger partial charge on any atom is -0.309 e. The van der Waals surface area contributed by atoms with E-state index in [1.807, 2.05) is 0 Å². The van der Waals surface area contributed by atoms with E-state index in [0.29, 0.717) is 0 Å². The largest absolute Gasteiger partial charge is 0.309 e. The summed E-state index contributed by atoms with van der Waals surface area (Å²) in [5, 5.41) is 0. The van der Waals surface area contributed by atoms with Crippen LogP contribution in [0, 0.1) is 0 Å². The molecular formula is C59H45N. The van der Waals surface area contributed by atoms with Crippen molar-refractivity contribution in [2.45, 2.75) is 31.1 Å². The summed E-state index contributed by atoms with van der Waals surface area (Å²) in [5.74, 6) is 0. The zero-order valence-electron chi connectivity index (χ0n) is 33.6. The number of benzene rings is 9. The Labute approximate surface area is 353 Å². The highest BCUT2D eigenvalue weighted by Gasteiger charge is 2.47. The minimum absolute atomic E-state index is 0.542. The van der Waals surface area contributed by atoms with Crippen LogP contribution in [0.1, 0.15) is 46.2 Å². The third-order valence-electron chi connectivity index (χ3n) is 13.0. The number of anilines is 3. The van der Waals surface area contributed by atoms with Gasteiger partial charge in [-0.15, -0.1) is 0 Å². The summed E-state index contributed by atoms with van der Waals surface area (Å²) < 4.78 is 0. The summed E-state index contributed by atoms with van der Waals surface area (Å²) in [6, 6.07) is 83.4. The van der Waals surface area contributed by atoms with Gasteiger partial charge in [-0.3, -0.25) is 0 Å². The second kappa shape index (κ2) is 15.2. The van der Waals surface area contributed by atoms with Gasteiger partial charge < -0.3 is 4.90 Å². The molecule has 11 rings (SSSR count). The second-order valence-corrected chi connectivity index (χ2v) is 16.2. The lowest BCUT2D eigenvalue weighted by Crippen LogP contribution is -2.28. The van der Waals surface area contributed by atoms with Gasteiger partial charge in [0.2, 0.25) is 0 Å². The molecule has 60 heavy (non-hydrogen) atoms. The molecule has 0 N–H and O–H groups in total. The first-order valence-electron chi connectivity index (χ1n) is 21.4. The van der Waals surface area contributed by atoms with Crippen LogP contribution in [0.3, 0.4) is 0 Å². The van der Waals surface area contributed by atoms with Gasteiger partial charge in [-0.1, -0.05) is 194 Å². The molecule has 2 aliphatic carbocycles. The summed E-state index contributed by atoms with van der Waals surface area (Å²) in [5.41, 5.74) is 21.0. The maximum atomic E-state index is 2.57. The van der Waals surface area contributed by atoms with E-state index in [-0.39, 0.29) is 0 Å². The Kier molecular flexibility index (Phi) is 9.09. The summed E-state index contributed by atoms with van der Waals surface area (Å²) >= 11 is 0. The van der Waals surface area contributed by atoms with Crippen LogP contribution >= 0.6 is 0 Å². The normalized spacial score (nSPS) is 13.5. The molecule has 0 heterocycles. The van der Waals surface area contributed by atoms with Crippen molar-refractivity contribution in [1.82, 2.24) is 0 Å². The average Bonchev–Trinajstić information content (AvgIpc) is 3.62. The average molecular weight is 768 g/mol. The molecule has 2 aliphatic rings. The zero-order chi connectivity index (χ0) is 39.9. The van der Waals surface area contributed by atoms with Crippen molar-refractivity contribution in [3.8, 4) is 44.5 Å². The zero-order valence-corrected chi connectivity index (χ0v) is 33.6. The minimum atomic E-state index is -0.542. The van der Waals surface area contributed by atoms with E-state index in [2.05, 4.69) is 229 Å². The molecule has 0 unspecified atom stereocenters. The highest BCUT2D eigenvalue weighted by atomic mass is 15.1. The molecule has 0 saturated heterocycles. The van der Waals surface area contributed by atoms with Crippen molar-refractivity contribution in [1.29, 1.82) is 0 Å². The Morgan fingerprint density at radius 2 is 0.883 bits per heavy atom. The van der Waals surface area contributed by atoms with Gasteiger partial charge in [0.1, 0.15) is 0 Å². The third-order valence-corrected chi connectivity index (χ3v) is 13.0. The number of para-hydroxylation sites is 1. The van der Waals surface area contributed by atoms with Crippen molar-refractivity contribution in [3.05, 3.63) is 258 Å². The molecule has 1 heteroatoms. The van der Waals surface area contributed by atoms with Crippen molar-refractivity contribution in [2.75, 3.05) is 4.90 Å². The van der Waals surface area contributed by atoms with Crippen LogP contribution in [-0.2, 0) is 18.3 Å². The van der Waals surface area contributed by atoms with Crippen LogP contribution in [0.4, 0.5) is 17.1 Å². The van der Waals surface area contributed by atoms with Gasteiger partial charge in [-0.25, -0.2) is 0 Å². The van der Waals surface area contributed by atoms with Crippen molar-refractivity contribution < 1.29 is 0 Å². The predicted molar refractivity (Wildman–Crippen MR) is 251 cm³/mol. The van der Waals surface area contributed by atoms with Crippen molar-refractivity contribution in [2.24, 2.45) is 0 Å². The van der Waals surface area contributed by atoms with Gasteiger partial charge in [0.15, 0.2) is 0 Å². The molecular weight excluding hydrogens is 723 g/mol. The van der Waals surface area contributed by atoms with E-state index in [0.717, 1.165) is 24.2 Å². The first-order chi connectivity index (χ1) is 29.8. The lowest BCUT2D eigenvalue weighted by Gasteiger charge is -2.36. The third kappa shape index (κ3) is 5.92. The molecule has 0 saturated carbocycles. The lowest BCUT2D eigenvalue weighted by atomic mass is 9.67. The van der Waals surface area contributed by atoms with Crippen LogP contribution in [0.25, 0.3) is 44.5 Å². The fourth-order valence-corrected chi connectivity index (χ4v) is 10.3. The maximum Gasteiger partial charge on any atom is 0.0714 e. The van der Waals surface area contributed by atoms with Gasteiger partial charge in [0.25, 0.3) is 0 Å². The number of hydrogen-bond donors (Lipinski definition) is 0. The maximum absolute atomic E-state index is 2.57. The Bertz CT molecular complexity index is 2910. The molecule has 1 nitrogen and oxygen atoms in total. The van der Waals surface area contributed by atoms with Gasteiger partial charge in [0.05, 0.1) is 16.8 Å². The standard InChI is InChI=1S/C59H45N/c1-5-20-42(21-6-1)43-36-38-48(39-37-43)60(57-35-18-16-31-50(57)45-22-7-2-8-23-45)58-41-56-53(40-54(58)51-33-19-25-44-24-13-14-30-49(44)51)52-32-15-17-34-55(52)59(56,46-26-9-3-10-27-46)47-28-11-4-12-29-47/h1-12,15-23,25-29,31-41H,13-14,24,30H2. The smallest absolute Gasteiger partial charge is 0.0714 e. The topological polar surface area (TPSA) is 3.24 Å². The SMILES string of the molecule is c1ccc(-c2ccc(N(c3ccccc3-c3ccccc3)c3cc4c(cc3-c3cccc5c3CCCC5)-c3ccccc3C4(c3ccccc3)c3ccccc3)cc2)cc1. The number of fused-ring (bicyclic) bond motifs is 4. The fraction of sp³-hybridized carbons (Fsp3) is 0.0847. The van der Waals surface area contributed by atoms with Crippen LogP contribution in [-0.4, -0.2) is 0 Å². The number of hydrogen-bond acceptors (Lipinski definition) is 1. The van der Waals surface area contributed by atoms with Crippen LogP contribution in [0.2, 0.25) is 0 Å². The molecule has 0 aromatic heterocycles. The van der Waals surface area contributed by atoms with Crippen LogP contribution < -0.4 is 4.90 Å². The van der Waals surface area contributed by atoms with Crippen molar-refractivity contribution in [3.63, 3.8) is 0 Å². The highest BCUT2D eigenvalue weighted by molar-refractivity contribution is 5.99. The van der Waals surface area contributed by atoms with E-state index in [1.54, 1.807) is 0 Å². The van der Waals surface area contributed by atoms with E-state index in [1.165, 1.54) is 96.4 Å². The van der Waals surface area contributed by atoms with Gasteiger partial charge >= 0.3 is 0 Å². The number of nitrogens with zero attached hydrogens (tertiary/aromatic N) is 1. The quantitative estimate of drug-likeness (QED) is 0.149. The number of rotatable bonds is 8. The highest BCUT2D eigenvalue weighted by Crippen LogP contribution is 2.59. The summed E-state index contributed by atoms with van der Waals surface area (Å²) in [6.07, 6.45) is 4.66. The van der Waals surface area contributed by atoms with E-state index < -0.39 is 5.41 Å². The molecule has 0 radical (unpaired) electrons. The molecule has 286 valence electrons. The summed E-state index contributed by atoms with van der Waals surface area (Å²) in [6.45, 7) is 0. The van der Waals surface area contributed by atoms with E-state index in [9.17, 15) is 0 Å². The van der Waals surface area contributed by atoms with E-state index in [4.69, 9.17) is 0 Å². The Hall–Kier alpha value is -7.22. The predicted octanol–water partition coefficient (Wildman–Crippen LogP) is 15.4. The van der Waals surface area contributed by atoms with Gasteiger partial charge in [0, 0.05) is 16.8 Å². The lowest BCUT2D eigenvalue weighted by molar-refractivity contribution is 0.687.